The topological polar surface area (TPSA) is 49.4 Å². The normalized spacial score (nSPS) is 13.7. The molecule has 0 atom stereocenters. The van der Waals surface area contributed by atoms with Crippen LogP contribution in [0, 0.1) is 0 Å². The number of thioether (sulfide) groups is 1. The summed E-state index contributed by atoms with van der Waals surface area (Å²) in [6.45, 7) is 7.59. The maximum absolute atomic E-state index is 11.8. The zero-order valence-corrected chi connectivity index (χ0v) is 15.1. The van der Waals surface area contributed by atoms with E-state index in [1.165, 1.54) is 0 Å². The number of nitrogens with zero attached hydrogens (tertiary/aromatic N) is 1. The van der Waals surface area contributed by atoms with Crippen LogP contribution in [0.3, 0.4) is 0 Å². The molecule has 0 unspecified atom stereocenters. The van der Waals surface area contributed by atoms with Crippen LogP contribution in [0.4, 0.5) is 0 Å². The molecule has 0 aromatic carbocycles. The molecule has 124 valence electrons. The number of amides is 2. The van der Waals surface area contributed by atoms with E-state index in [2.05, 4.69) is 12.2 Å². The highest BCUT2D eigenvalue weighted by Crippen LogP contribution is 2.19. The van der Waals surface area contributed by atoms with Crippen molar-refractivity contribution in [1.29, 1.82) is 0 Å². The first kappa shape index (κ1) is 20.4. The minimum atomic E-state index is 0. The van der Waals surface area contributed by atoms with E-state index in [-0.39, 0.29) is 13.2 Å². The lowest BCUT2D eigenvalue weighted by molar-refractivity contribution is -0.127. The average Bonchev–Trinajstić information content (AvgIpc) is 2.92. The van der Waals surface area contributed by atoms with E-state index in [4.69, 9.17) is 12.2 Å². The third-order valence-corrected chi connectivity index (χ3v) is 4.39. The lowest BCUT2D eigenvalue weighted by Crippen LogP contribution is -2.31. The van der Waals surface area contributed by atoms with Crippen molar-refractivity contribution < 1.29 is 11.0 Å². The van der Waals surface area contributed by atoms with E-state index in [0.29, 0.717) is 30.1 Å². The minimum absolute atomic E-state index is 0. The van der Waals surface area contributed by atoms with Gasteiger partial charge in [0.2, 0.25) is 11.8 Å². The number of thiocarbonyl (C=S) groups is 1. The molecule has 21 heavy (non-hydrogen) atoms. The van der Waals surface area contributed by atoms with Crippen LogP contribution >= 0.6 is 24.0 Å². The Balaban J connectivity index is 0. The van der Waals surface area contributed by atoms with Crippen LogP contribution in [0.2, 0.25) is 0 Å². The molecule has 0 aromatic rings. The largest absolute Gasteiger partial charge is 0.356 e. The zero-order valence-electron chi connectivity index (χ0n) is 13.4. The summed E-state index contributed by atoms with van der Waals surface area (Å²) in [5, 5.41) is 2.88. The van der Waals surface area contributed by atoms with Gasteiger partial charge in [-0.05, 0) is 12.8 Å². The Morgan fingerprint density at radius 1 is 1.29 bits per heavy atom. The molecule has 0 saturated carbocycles. The maximum atomic E-state index is 11.8. The second-order valence-electron chi connectivity index (χ2n) is 4.57. The Hall–Kier alpha value is -0.620. The Bertz CT molecular complexity index is 342. The number of nitrogens with one attached hydrogen (secondary N) is 1. The molecule has 0 spiro atoms. The number of hydrogen-bond acceptors (Lipinski definition) is 4. The van der Waals surface area contributed by atoms with Crippen molar-refractivity contribution in [2.24, 2.45) is 0 Å². The summed E-state index contributed by atoms with van der Waals surface area (Å²) in [5.41, 5.74) is 0. The van der Waals surface area contributed by atoms with Gasteiger partial charge in [0.1, 0.15) is 4.32 Å². The SMILES string of the molecule is CC.CCCCCNC(=O)CCCC(=O)N1CCSC1=S.[HH]. The average molecular weight is 335 g/mol. The third kappa shape index (κ3) is 9.09. The Morgan fingerprint density at radius 2 is 2.00 bits per heavy atom. The van der Waals surface area contributed by atoms with E-state index in [0.717, 1.165) is 31.6 Å². The molecular weight excluding hydrogens is 304 g/mol. The van der Waals surface area contributed by atoms with Gasteiger partial charge in [0.05, 0.1) is 0 Å². The van der Waals surface area contributed by atoms with Gasteiger partial charge in [0, 0.05) is 33.1 Å². The molecule has 0 radical (unpaired) electrons. The first-order valence-corrected chi connectivity index (χ1v) is 9.28. The van der Waals surface area contributed by atoms with Gasteiger partial charge in [-0.1, -0.05) is 57.6 Å². The molecule has 4 nitrogen and oxygen atoms in total. The predicted molar refractivity (Wildman–Crippen MR) is 96.6 cm³/mol. The number of hydrogen-bond donors (Lipinski definition) is 1. The van der Waals surface area contributed by atoms with Gasteiger partial charge in [0.15, 0.2) is 0 Å². The fraction of sp³-hybridized carbons (Fsp3) is 0.800. The van der Waals surface area contributed by atoms with E-state index >= 15 is 0 Å². The molecule has 0 aromatic heterocycles. The Labute approximate surface area is 139 Å². The molecule has 1 aliphatic heterocycles. The lowest BCUT2D eigenvalue weighted by atomic mass is 10.2. The van der Waals surface area contributed by atoms with Crippen molar-refractivity contribution in [2.45, 2.75) is 59.3 Å². The summed E-state index contributed by atoms with van der Waals surface area (Å²) < 4.78 is 0.675. The smallest absolute Gasteiger partial charge is 0.228 e. The monoisotopic (exact) mass is 334 g/mol. The van der Waals surface area contributed by atoms with Gasteiger partial charge in [-0.15, -0.1) is 0 Å². The molecule has 1 saturated heterocycles. The molecule has 1 rings (SSSR count). The van der Waals surface area contributed by atoms with Crippen molar-refractivity contribution in [2.75, 3.05) is 18.8 Å². The van der Waals surface area contributed by atoms with Gasteiger partial charge < -0.3 is 5.32 Å². The Morgan fingerprint density at radius 3 is 2.57 bits per heavy atom. The highest BCUT2D eigenvalue weighted by molar-refractivity contribution is 8.23. The van der Waals surface area contributed by atoms with Crippen LogP contribution in [0.25, 0.3) is 0 Å². The summed E-state index contributed by atoms with van der Waals surface area (Å²) in [5.74, 6) is 0.985. The van der Waals surface area contributed by atoms with Crippen molar-refractivity contribution in [3.05, 3.63) is 0 Å². The van der Waals surface area contributed by atoms with E-state index in [1.54, 1.807) is 16.7 Å². The van der Waals surface area contributed by atoms with Gasteiger partial charge in [-0.3, -0.25) is 14.5 Å². The molecule has 0 bridgehead atoms. The molecular formula is C15H30N2O2S2. The predicted octanol–water partition coefficient (Wildman–Crippen LogP) is 3.60. The van der Waals surface area contributed by atoms with Crippen molar-refractivity contribution >= 4 is 40.1 Å². The molecule has 6 heteroatoms. The first-order valence-electron chi connectivity index (χ1n) is 7.89. The highest BCUT2D eigenvalue weighted by atomic mass is 32.2. The van der Waals surface area contributed by atoms with Gasteiger partial charge >= 0.3 is 0 Å². The maximum Gasteiger partial charge on any atom is 0.228 e. The van der Waals surface area contributed by atoms with Crippen molar-refractivity contribution in [3.8, 4) is 0 Å². The van der Waals surface area contributed by atoms with Gasteiger partial charge in [0.25, 0.3) is 0 Å². The fourth-order valence-corrected chi connectivity index (χ4v) is 3.09. The highest BCUT2D eigenvalue weighted by Gasteiger charge is 2.23. The standard InChI is InChI=1S/C13H22N2O2S2.C2H6.H2/c1-2-3-4-8-14-11(16)6-5-7-12(17)15-9-10-19-13(15)18;1-2;/h2-10H2,1H3,(H,14,16);1-2H3;1H. The van der Waals surface area contributed by atoms with Crippen LogP contribution in [0.1, 0.15) is 60.7 Å². The van der Waals surface area contributed by atoms with Gasteiger partial charge in [-0.25, -0.2) is 0 Å². The van der Waals surface area contributed by atoms with Gasteiger partial charge in [-0.2, -0.15) is 0 Å². The van der Waals surface area contributed by atoms with Crippen LogP contribution in [-0.4, -0.2) is 39.9 Å². The molecule has 0 aliphatic carbocycles. The number of carbonyl (C=O) groups is 2. The summed E-state index contributed by atoms with van der Waals surface area (Å²) in [4.78, 5) is 25.0. The van der Waals surface area contributed by atoms with Crippen LogP contribution in [0.15, 0.2) is 0 Å². The lowest BCUT2D eigenvalue weighted by Gasteiger charge is -2.14. The number of carbonyl (C=O) groups excluding carboxylic acids is 2. The molecule has 1 fully saturated rings. The first-order chi connectivity index (χ1) is 10.1. The van der Waals surface area contributed by atoms with Crippen molar-refractivity contribution in [3.63, 3.8) is 0 Å². The summed E-state index contributed by atoms with van der Waals surface area (Å²) in [7, 11) is 0. The Kier molecular flexibility index (Phi) is 12.7. The second-order valence-corrected chi connectivity index (χ2v) is 6.30. The minimum Gasteiger partial charge on any atom is -0.356 e. The van der Waals surface area contributed by atoms with Crippen molar-refractivity contribution in [1.82, 2.24) is 10.2 Å². The molecule has 1 aliphatic rings. The second kappa shape index (κ2) is 13.1. The molecule has 1 heterocycles. The zero-order chi connectivity index (χ0) is 16.1. The summed E-state index contributed by atoms with van der Waals surface area (Å²) in [6.07, 6.45) is 4.75. The van der Waals surface area contributed by atoms with Crippen LogP contribution in [0.5, 0.6) is 0 Å². The summed E-state index contributed by atoms with van der Waals surface area (Å²) >= 11 is 6.64. The molecule has 2 amide bonds. The van der Waals surface area contributed by atoms with E-state index < -0.39 is 0 Å². The van der Waals surface area contributed by atoms with Crippen LogP contribution < -0.4 is 5.32 Å². The number of rotatable bonds is 8. The van der Waals surface area contributed by atoms with E-state index in [1.807, 2.05) is 13.8 Å². The third-order valence-electron chi connectivity index (χ3n) is 2.96. The quantitative estimate of drug-likeness (QED) is 0.544. The fourth-order valence-electron chi connectivity index (χ4n) is 1.85. The van der Waals surface area contributed by atoms with Crippen LogP contribution in [-0.2, 0) is 9.59 Å². The molecule has 1 N–H and O–H groups in total. The van der Waals surface area contributed by atoms with E-state index in [9.17, 15) is 9.59 Å². The summed E-state index contributed by atoms with van der Waals surface area (Å²) in [6, 6.07) is 0. The number of unbranched alkanes of at least 4 members (excludes halogenated alkanes) is 2.